The van der Waals surface area contributed by atoms with E-state index < -0.39 is 0 Å². The number of carbonyl (C=O) groups is 1. The van der Waals surface area contributed by atoms with Gasteiger partial charge in [-0.15, -0.1) is 10.2 Å². The van der Waals surface area contributed by atoms with E-state index in [2.05, 4.69) is 53.0 Å². The molecule has 0 unspecified atom stereocenters. The second kappa shape index (κ2) is 8.05. The van der Waals surface area contributed by atoms with Crippen molar-refractivity contribution in [2.24, 2.45) is 0 Å². The van der Waals surface area contributed by atoms with Gasteiger partial charge in [0.05, 0.1) is 0 Å². The van der Waals surface area contributed by atoms with Gasteiger partial charge in [-0.3, -0.25) is 4.79 Å². The number of carbonyl (C=O) groups excluding carboxylic acids is 1. The molecule has 0 radical (unpaired) electrons. The van der Waals surface area contributed by atoms with Gasteiger partial charge in [0.1, 0.15) is 0 Å². The molecule has 0 aliphatic carbocycles. The van der Waals surface area contributed by atoms with E-state index in [1.807, 2.05) is 30.3 Å². The molecule has 1 aromatic heterocycles. The number of anilines is 2. The van der Waals surface area contributed by atoms with Gasteiger partial charge in [0.2, 0.25) is 0 Å². The Morgan fingerprint density at radius 1 is 1.04 bits per heavy atom. The fraction of sp³-hybridized carbons (Fsp3) is 0.476. The van der Waals surface area contributed by atoms with Crippen molar-refractivity contribution in [3.05, 3.63) is 47.7 Å². The zero-order valence-corrected chi connectivity index (χ0v) is 16.7. The minimum atomic E-state index is -0.235. The standard InChI is InChI=1S/C21H29N5O/c1-5-25-12-14-26(15-13-25)19-11-10-18(23-24-19)20(27)22-17-9-7-6-8-16(17)21(2,3)4/h6-11H,5,12-15H2,1-4H3,(H,22,27). The molecule has 2 aromatic rings. The van der Waals surface area contributed by atoms with Crippen LogP contribution in [0.3, 0.4) is 0 Å². The highest BCUT2D eigenvalue weighted by Crippen LogP contribution is 2.29. The van der Waals surface area contributed by atoms with E-state index in [9.17, 15) is 4.79 Å². The average Bonchev–Trinajstić information content (AvgIpc) is 2.68. The Morgan fingerprint density at radius 3 is 2.33 bits per heavy atom. The summed E-state index contributed by atoms with van der Waals surface area (Å²) in [5.74, 6) is 0.596. The zero-order chi connectivity index (χ0) is 19.4. The minimum Gasteiger partial charge on any atom is -0.353 e. The third-order valence-electron chi connectivity index (χ3n) is 5.01. The number of nitrogens with zero attached hydrogens (tertiary/aromatic N) is 4. The van der Waals surface area contributed by atoms with Crippen molar-refractivity contribution in [2.45, 2.75) is 33.1 Å². The van der Waals surface area contributed by atoms with E-state index in [4.69, 9.17) is 0 Å². The van der Waals surface area contributed by atoms with Gasteiger partial charge in [-0.05, 0) is 35.7 Å². The van der Waals surface area contributed by atoms with Crippen LogP contribution in [-0.4, -0.2) is 53.7 Å². The first-order valence-corrected chi connectivity index (χ1v) is 9.60. The molecule has 0 atom stereocenters. The number of nitrogens with one attached hydrogen (secondary N) is 1. The molecule has 1 aliphatic rings. The van der Waals surface area contributed by atoms with E-state index >= 15 is 0 Å². The summed E-state index contributed by atoms with van der Waals surface area (Å²) < 4.78 is 0. The number of hydrogen-bond acceptors (Lipinski definition) is 5. The lowest BCUT2D eigenvalue weighted by Gasteiger charge is -2.34. The van der Waals surface area contributed by atoms with Crippen LogP contribution in [-0.2, 0) is 5.41 Å². The third-order valence-corrected chi connectivity index (χ3v) is 5.01. The topological polar surface area (TPSA) is 61.4 Å². The van der Waals surface area contributed by atoms with Crippen LogP contribution in [0.5, 0.6) is 0 Å². The number of likely N-dealkylation sites (N-methyl/N-ethyl adjacent to an activating group) is 1. The summed E-state index contributed by atoms with van der Waals surface area (Å²) in [5.41, 5.74) is 2.18. The molecule has 1 N–H and O–H groups in total. The van der Waals surface area contributed by atoms with Crippen LogP contribution in [0.2, 0.25) is 0 Å². The Balaban J connectivity index is 1.69. The van der Waals surface area contributed by atoms with E-state index in [-0.39, 0.29) is 11.3 Å². The molecular formula is C21H29N5O. The number of piperazine rings is 1. The normalized spacial score (nSPS) is 15.6. The van der Waals surface area contributed by atoms with Crippen molar-refractivity contribution in [2.75, 3.05) is 42.9 Å². The van der Waals surface area contributed by atoms with Gasteiger partial charge in [-0.25, -0.2) is 0 Å². The number of benzene rings is 1. The molecule has 0 saturated carbocycles. The second-order valence-electron chi connectivity index (χ2n) is 7.95. The Labute approximate surface area is 161 Å². The summed E-state index contributed by atoms with van der Waals surface area (Å²) in [5, 5.41) is 11.4. The smallest absolute Gasteiger partial charge is 0.276 e. The Bertz CT molecular complexity index is 774. The van der Waals surface area contributed by atoms with Crippen molar-refractivity contribution >= 4 is 17.4 Å². The molecule has 3 rings (SSSR count). The first kappa shape index (κ1) is 19.3. The van der Waals surface area contributed by atoms with E-state index in [0.29, 0.717) is 5.69 Å². The monoisotopic (exact) mass is 367 g/mol. The predicted molar refractivity (Wildman–Crippen MR) is 109 cm³/mol. The van der Waals surface area contributed by atoms with Crippen molar-refractivity contribution in [3.63, 3.8) is 0 Å². The van der Waals surface area contributed by atoms with Crippen molar-refractivity contribution in [1.82, 2.24) is 15.1 Å². The zero-order valence-electron chi connectivity index (χ0n) is 16.7. The van der Waals surface area contributed by atoms with Crippen LogP contribution >= 0.6 is 0 Å². The molecule has 27 heavy (non-hydrogen) atoms. The molecule has 1 aliphatic heterocycles. The van der Waals surface area contributed by atoms with Crippen molar-refractivity contribution in [3.8, 4) is 0 Å². The van der Waals surface area contributed by atoms with Gasteiger partial charge in [0.15, 0.2) is 11.5 Å². The van der Waals surface area contributed by atoms with Gasteiger partial charge in [-0.1, -0.05) is 45.9 Å². The lowest BCUT2D eigenvalue weighted by Crippen LogP contribution is -2.46. The summed E-state index contributed by atoms with van der Waals surface area (Å²) in [6.07, 6.45) is 0. The maximum atomic E-state index is 12.6. The van der Waals surface area contributed by atoms with Crippen LogP contribution in [0, 0.1) is 0 Å². The summed E-state index contributed by atoms with van der Waals surface area (Å²) in [4.78, 5) is 17.3. The molecule has 1 saturated heterocycles. The van der Waals surface area contributed by atoms with E-state index in [1.54, 1.807) is 6.07 Å². The highest BCUT2D eigenvalue weighted by Gasteiger charge is 2.20. The molecule has 0 spiro atoms. The molecule has 6 heteroatoms. The molecule has 6 nitrogen and oxygen atoms in total. The minimum absolute atomic E-state index is 0.0555. The van der Waals surface area contributed by atoms with E-state index in [1.165, 1.54) is 0 Å². The number of aromatic nitrogens is 2. The van der Waals surface area contributed by atoms with Crippen molar-refractivity contribution in [1.29, 1.82) is 0 Å². The summed E-state index contributed by atoms with van der Waals surface area (Å²) >= 11 is 0. The fourth-order valence-corrected chi connectivity index (χ4v) is 3.34. The third kappa shape index (κ3) is 4.63. The predicted octanol–water partition coefficient (Wildman–Crippen LogP) is 3.17. The summed E-state index contributed by atoms with van der Waals surface area (Å²) in [6.45, 7) is 13.6. The molecule has 1 aromatic carbocycles. The average molecular weight is 367 g/mol. The van der Waals surface area contributed by atoms with Crippen molar-refractivity contribution < 1.29 is 4.79 Å². The van der Waals surface area contributed by atoms with Gasteiger partial charge >= 0.3 is 0 Å². The van der Waals surface area contributed by atoms with E-state index in [0.717, 1.165) is 49.8 Å². The maximum absolute atomic E-state index is 12.6. The highest BCUT2D eigenvalue weighted by molar-refractivity contribution is 6.03. The van der Waals surface area contributed by atoms with Crippen LogP contribution in [0.1, 0.15) is 43.7 Å². The number of hydrogen-bond donors (Lipinski definition) is 1. The lowest BCUT2D eigenvalue weighted by molar-refractivity contribution is 0.102. The van der Waals surface area contributed by atoms with Gasteiger partial charge in [0, 0.05) is 31.9 Å². The fourth-order valence-electron chi connectivity index (χ4n) is 3.34. The Kier molecular flexibility index (Phi) is 5.75. The number of rotatable bonds is 4. The Morgan fingerprint density at radius 2 is 1.74 bits per heavy atom. The van der Waals surface area contributed by atoms with Gasteiger partial charge in [0.25, 0.3) is 5.91 Å². The molecule has 0 bridgehead atoms. The molecular weight excluding hydrogens is 338 g/mol. The van der Waals surface area contributed by atoms with Crippen LogP contribution in [0.25, 0.3) is 0 Å². The van der Waals surface area contributed by atoms with Crippen LogP contribution < -0.4 is 10.2 Å². The molecule has 1 fully saturated rings. The van der Waals surface area contributed by atoms with Crippen LogP contribution in [0.15, 0.2) is 36.4 Å². The SMILES string of the molecule is CCN1CCN(c2ccc(C(=O)Nc3ccccc3C(C)(C)C)nn2)CC1. The Hall–Kier alpha value is -2.47. The van der Waals surface area contributed by atoms with Crippen LogP contribution in [0.4, 0.5) is 11.5 Å². The molecule has 144 valence electrons. The first-order chi connectivity index (χ1) is 12.9. The maximum Gasteiger partial charge on any atom is 0.276 e. The molecule has 1 amide bonds. The quantitative estimate of drug-likeness (QED) is 0.899. The van der Waals surface area contributed by atoms with Gasteiger partial charge < -0.3 is 15.1 Å². The largest absolute Gasteiger partial charge is 0.353 e. The number of amides is 1. The first-order valence-electron chi connectivity index (χ1n) is 9.60. The summed E-state index contributed by atoms with van der Waals surface area (Å²) in [6, 6.07) is 11.5. The molecule has 2 heterocycles. The lowest BCUT2D eigenvalue weighted by atomic mass is 9.86. The van der Waals surface area contributed by atoms with Gasteiger partial charge in [-0.2, -0.15) is 0 Å². The highest BCUT2D eigenvalue weighted by atomic mass is 16.1. The summed E-state index contributed by atoms with van der Waals surface area (Å²) in [7, 11) is 0. The number of para-hydroxylation sites is 1. The second-order valence-corrected chi connectivity index (χ2v) is 7.95.